The third kappa shape index (κ3) is 3.50. The maximum atomic E-state index is 11.0. The first kappa shape index (κ1) is 11.2. The molecule has 1 aromatic carbocycles. The fraction of sp³-hybridized carbons (Fsp3) is 0.364. The average Bonchev–Trinajstić information content (AvgIpc) is 2.26. The highest BCUT2D eigenvalue weighted by Gasteiger charge is 2.05. The Morgan fingerprint density at radius 2 is 2.07 bits per heavy atom. The molecule has 1 amide bonds. The van der Waals surface area contributed by atoms with E-state index in [0.717, 1.165) is 0 Å². The fourth-order valence-corrected chi connectivity index (χ4v) is 1.41. The summed E-state index contributed by atoms with van der Waals surface area (Å²) in [6, 6.07) is 10.2. The van der Waals surface area contributed by atoms with Gasteiger partial charge in [0.1, 0.15) is 0 Å². The first-order valence-electron chi connectivity index (χ1n) is 4.61. The van der Waals surface area contributed by atoms with Gasteiger partial charge in [0, 0.05) is 6.54 Å². The quantitative estimate of drug-likeness (QED) is 0.823. The van der Waals surface area contributed by atoms with Crippen molar-refractivity contribution in [3.05, 3.63) is 35.9 Å². The summed E-state index contributed by atoms with van der Waals surface area (Å²) < 4.78 is 0. The zero-order valence-electron chi connectivity index (χ0n) is 8.16. The number of hydrogen-bond acceptors (Lipinski definition) is 1. The van der Waals surface area contributed by atoms with Gasteiger partial charge in [-0.15, -0.1) is 0 Å². The van der Waals surface area contributed by atoms with Crippen LogP contribution in [0.25, 0.3) is 0 Å². The number of carbonyl (C=O) groups excluding carboxylic acids is 1. The van der Waals surface area contributed by atoms with Gasteiger partial charge in [0.25, 0.3) is 0 Å². The second-order valence-corrected chi connectivity index (χ2v) is 3.81. The number of benzene rings is 1. The molecule has 0 heterocycles. The SMILES string of the molecule is CC(CNC(=O)CBr)c1ccccc1. The maximum Gasteiger partial charge on any atom is 0.230 e. The van der Waals surface area contributed by atoms with Crippen LogP contribution in [-0.4, -0.2) is 17.8 Å². The molecule has 0 radical (unpaired) electrons. The van der Waals surface area contributed by atoms with Crippen LogP contribution in [-0.2, 0) is 4.79 Å². The van der Waals surface area contributed by atoms with Crippen molar-refractivity contribution in [3.63, 3.8) is 0 Å². The third-order valence-corrected chi connectivity index (χ3v) is 2.60. The molecule has 0 saturated carbocycles. The summed E-state index contributed by atoms with van der Waals surface area (Å²) in [4.78, 5) is 11.0. The molecule has 1 aromatic rings. The number of carbonyl (C=O) groups is 1. The highest BCUT2D eigenvalue weighted by molar-refractivity contribution is 9.09. The van der Waals surface area contributed by atoms with Crippen molar-refractivity contribution in [3.8, 4) is 0 Å². The Hall–Kier alpha value is -0.830. The van der Waals surface area contributed by atoms with Gasteiger partial charge in [-0.3, -0.25) is 4.79 Å². The summed E-state index contributed by atoms with van der Waals surface area (Å²) in [7, 11) is 0. The molecule has 0 aliphatic carbocycles. The van der Waals surface area contributed by atoms with Gasteiger partial charge >= 0.3 is 0 Å². The van der Waals surface area contributed by atoms with Crippen molar-refractivity contribution in [2.24, 2.45) is 0 Å². The van der Waals surface area contributed by atoms with Gasteiger partial charge in [0.2, 0.25) is 5.91 Å². The second kappa shape index (κ2) is 5.81. The van der Waals surface area contributed by atoms with Crippen molar-refractivity contribution in [2.45, 2.75) is 12.8 Å². The van der Waals surface area contributed by atoms with E-state index in [1.165, 1.54) is 5.56 Å². The molecular weight excluding hydrogens is 242 g/mol. The summed E-state index contributed by atoms with van der Waals surface area (Å²) in [5, 5.41) is 3.21. The Labute approximate surface area is 92.8 Å². The minimum Gasteiger partial charge on any atom is -0.355 e. The summed E-state index contributed by atoms with van der Waals surface area (Å²) >= 11 is 3.11. The third-order valence-electron chi connectivity index (χ3n) is 2.10. The van der Waals surface area contributed by atoms with Crippen LogP contribution in [0.3, 0.4) is 0 Å². The smallest absolute Gasteiger partial charge is 0.230 e. The summed E-state index contributed by atoms with van der Waals surface area (Å²) in [6.07, 6.45) is 0. The van der Waals surface area contributed by atoms with E-state index in [1.807, 2.05) is 18.2 Å². The van der Waals surface area contributed by atoms with Gasteiger partial charge in [0.15, 0.2) is 0 Å². The monoisotopic (exact) mass is 255 g/mol. The summed E-state index contributed by atoms with van der Waals surface area (Å²) in [5.41, 5.74) is 1.25. The lowest BCUT2D eigenvalue weighted by atomic mass is 10.0. The molecule has 1 atom stereocenters. The maximum absolute atomic E-state index is 11.0. The Morgan fingerprint density at radius 1 is 1.43 bits per heavy atom. The summed E-state index contributed by atoms with van der Waals surface area (Å²) in [6.45, 7) is 2.79. The van der Waals surface area contributed by atoms with E-state index in [1.54, 1.807) is 0 Å². The standard InChI is InChI=1S/C11H14BrNO/c1-9(8-13-11(14)7-12)10-5-3-2-4-6-10/h2-6,9H,7-8H2,1H3,(H,13,14). The highest BCUT2D eigenvalue weighted by atomic mass is 79.9. The molecule has 0 saturated heterocycles. The largest absolute Gasteiger partial charge is 0.355 e. The van der Waals surface area contributed by atoms with Crippen LogP contribution in [0.15, 0.2) is 30.3 Å². The Kier molecular flexibility index (Phi) is 4.66. The zero-order chi connectivity index (χ0) is 10.4. The van der Waals surface area contributed by atoms with Crippen LogP contribution in [0.1, 0.15) is 18.4 Å². The molecule has 14 heavy (non-hydrogen) atoms. The van der Waals surface area contributed by atoms with Gasteiger partial charge in [-0.05, 0) is 11.5 Å². The fourth-order valence-electron chi connectivity index (χ4n) is 1.21. The molecule has 0 aliphatic heterocycles. The number of nitrogens with one attached hydrogen (secondary N) is 1. The van der Waals surface area contributed by atoms with Gasteiger partial charge in [-0.1, -0.05) is 53.2 Å². The number of halogens is 1. The van der Waals surface area contributed by atoms with E-state index in [0.29, 0.717) is 17.8 Å². The minimum atomic E-state index is 0.0350. The molecule has 76 valence electrons. The molecule has 0 aliphatic rings. The van der Waals surface area contributed by atoms with E-state index in [9.17, 15) is 4.79 Å². The lowest BCUT2D eigenvalue weighted by molar-refractivity contribution is -0.118. The lowest BCUT2D eigenvalue weighted by Crippen LogP contribution is -2.28. The van der Waals surface area contributed by atoms with E-state index in [4.69, 9.17) is 0 Å². The number of alkyl halides is 1. The number of rotatable bonds is 4. The van der Waals surface area contributed by atoms with Gasteiger partial charge in [-0.2, -0.15) is 0 Å². The van der Waals surface area contributed by atoms with Gasteiger partial charge < -0.3 is 5.32 Å². The minimum absolute atomic E-state index is 0.0350. The van der Waals surface area contributed by atoms with Crippen LogP contribution in [0.5, 0.6) is 0 Å². The molecule has 0 bridgehead atoms. The first-order valence-corrected chi connectivity index (χ1v) is 5.73. The predicted molar refractivity (Wildman–Crippen MR) is 61.7 cm³/mol. The van der Waals surface area contributed by atoms with Crippen molar-refractivity contribution < 1.29 is 4.79 Å². The van der Waals surface area contributed by atoms with E-state index in [-0.39, 0.29) is 5.91 Å². The molecule has 1 rings (SSSR count). The van der Waals surface area contributed by atoms with Crippen LogP contribution in [0.4, 0.5) is 0 Å². The molecule has 0 aromatic heterocycles. The topological polar surface area (TPSA) is 29.1 Å². The van der Waals surface area contributed by atoms with Crippen molar-refractivity contribution in [2.75, 3.05) is 11.9 Å². The molecule has 3 heteroatoms. The average molecular weight is 256 g/mol. The van der Waals surface area contributed by atoms with Crippen molar-refractivity contribution in [1.82, 2.24) is 5.32 Å². The molecular formula is C11H14BrNO. The van der Waals surface area contributed by atoms with Gasteiger partial charge in [0.05, 0.1) is 5.33 Å². The van der Waals surface area contributed by atoms with Crippen molar-refractivity contribution in [1.29, 1.82) is 0 Å². The molecule has 1 unspecified atom stereocenters. The Balaban J connectivity index is 2.43. The first-order chi connectivity index (χ1) is 6.74. The Bertz CT molecular complexity index is 287. The van der Waals surface area contributed by atoms with Crippen LogP contribution >= 0.6 is 15.9 Å². The van der Waals surface area contributed by atoms with E-state index < -0.39 is 0 Å². The zero-order valence-corrected chi connectivity index (χ0v) is 9.75. The van der Waals surface area contributed by atoms with Crippen LogP contribution in [0.2, 0.25) is 0 Å². The van der Waals surface area contributed by atoms with Gasteiger partial charge in [-0.25, -0.2) is 0 Å². The molecule has 0 fully saturated rings. The summed E-state index contributed by atoms with van der Waals surface area (Å²) in [5.74, 6) is 0.395. The molecule has 0 spiro atoms. The molecule has 2 nitrogen and oxygen atoms in total. The number of amides is 1. The van der Waals surface area contributed by atoms with Crippen LogP contribution in [0, 0.1) is 0 Å². The predicted octanol–water partition coefficient (Wildman–Crippen LogP) is 2.30. The van der Waals surface area contributed by atoms with E-state index in [2.05, 4.69) is 40.3 Å². The van der Waals surface area contributed by atoms with E-state index >= 15 is 0 Å². The second-order valence-electron chi connectivity index (χ2n) is 3.25. The number of hydrogen-bond donors (Lipinski definition) is 1. The van der Waals surface area contributed by atoms with Crippen LogP contribution < -0.4 is 5.32 Å². The lowest BCUT2D eigenvalue weighted by Gasteiger charge is -2.12. The Morgan fingerprint density at radius 3 is 2.64 bits per heavy atom. The van der Waals surface area contributed by atoms with Crippen molar-refractivity contribution >= 4 is 21.8 Å². The normalized spacial score (nSPS) is 12.1. The highest BCUT2D eigenvalue weighted by Crippen LogP contribution is 2.12. The molecule has 1 N–H and O–H groups in total.